The van der Waals surface area contributed by atoms with Gasteiger partial charge in [-0.2, -0.15) is 0 Å². The lowest BCUT2D eigenvalue weighted by Crippen LogP contribution is -2.39. The van der Waals surface area contributed by atoms with Crippen molar-refractivity contribution in [3.05, 3.63) is 35.9 Å². The zero-order valence-corrected chi connectivity index (χ0v) is 13.8. The van der Waals surface area contributed by atoms with Gasteiger partial charge in [-0.15, -0.1) is 0 Å². The van der Waals surface area contributed by atoms with E-state index in [2.05, 4.69) is 10.6 Å². The Bertz CT molecular complexity index is 533. The molecular weight excluding hydrogens is 312 g/mol. The van der Waals surface area contributed by atoms with E-state index < -0.39 is 18.1 Å². The van der Waals surface area contributed by atoms with Crippen molar-refractivity contribution in [2.24, 2.45) is 0 Å². The fourth-order valence-electron chi connectivity index (χ4n) is 2.12. The first-order chi connectivity index (χ1) is 11.5. The number of benzene rings is 1. The first-order valence-electron chi connectivity index (χ1n) is 7.93. The highest BCUT2D eigenvalue weighted by Gasteiger charge is 2.17. The SMILES string of the molecule is CC(=O)NC(CCCCCNC(=O)OCc1ccccc1)C(=O)O. The van der Waals surface area contributed by atoms with Crippen LogP contribution in [0.4, 0.5) is 4.79 Å². The van der Waals surface area contributed by atoms with Crippen LogP contribution in [0.3, 0.4) is 0 Å². The molecule has 1 rings (SSSR count). The van der Waals surface area contributed by atoms with E-state index in [1.54, 1.807) is 0 Å². The number of alkyl carbamates (subject to hydrolysis) is 1. The van der Waals surface area contributed by atoms with Crippen LogP contribution in [0, 0.1) is 0 Å². The highest BCUT2D eigenvalue weighted by atomic mass is 16.5. The largest absolute Gasteiger partial charge is 0.480 e. The number of aliphatic carboxylic acids is 1. The maximum atomic E-state index is 11.5. The summed E-state index contributed by atoms with van der Waals surface area (Å²) in [6.45, 7) is 1.98. The van der Waals surface area contributed by atoms with Gasteiger partial charge in [-0.05, 0) is 18.4 Å². The molecule has 1 atom stereocenters. The third-order valence-electron chi connectivity index (χ3n) is 3.33. The van der Waals surface area contributed by atoms with E-state index >= 15 is 0 Å². The summed E-state index contributed by atoms with van der Waals surface area (Å²) in [5.41, 5.74) is 0.922. The Labute approximate surface area is 141 Å². The Balaban J connectivity index is 2.07. The minimum Gasteiger partial charge on any atom is -0.480 e. The topological polar surface area (TPSA) is 105 Å². The number of carboxylic acids is 1. The van der Waals surface area contributed by atoms with Crippen molar-refractivity contribution in [1.82, 2.24) is 10.6 Å². The molecule has 7 nitrogen and oxygen atoms in total. The first-order valence-corrected chi connectivity index (χ1v) is 7.93. The van der Waals surface area contributed by atoms with Crippen LogP contribution in [0.25, 0.3) is 0 Å². The Kier molecular flexibility index (Phi) is 8.96. The summed E-state index contributed by atoms with van der Waals surface area (Å²) in [6, 6.07) is 8.54. The van der Waals surface area contributed by atoms with Gasteiger partial charge < -0.3 is 20.5 Å². The van der Waals surface area contributed by atoms with Crippen LogP contribution in [0.2, 0.25) is 0 Å². The zero-order valence-electron chi connectivity index (χ0n) is 13.8. The average Bonchev–Trinajstić information content (AvgIpc) is 2.55. The monoisotopic (exact) mass is 336 g/mol. The molecule has 0 heterocycles. The minimum absolute atomic E-state index is 0.226. The smallest absolute Gasteiger partial charge is 0.407 e. The van der Waals surface area contributed by atoms with Crippen molar-refractivity contribution in [3.8, 4) is 0 Å². The molecule has 0 aliphatic rings. The van der Waals surface area contributed by atoms with Gasteiger partial charge in [0.05, 0.1) is 0 Å². The second-order valence-corrected chi connectivity index (χ2v) is 5.43. The fourth-order valence-corrected chi connectivity index (χ4v) is 2.12. The van der Waals surface area contributed by atoms with Gasteiger partial charge in [-0.3, -0.25) is 4.79 Å². The second-order valence-electron chi connectivity index (χ2n) is 5.43. The van der Waals surface area contributed by atoms with E-state index in [-0.39, 0.29) is 12.5 Å². The van der Waals surface area contributed by atoms with E-state index in [0.717, 1.165) is 12.0 Å². The quantitative estimate of drug-likeness (QED) is 0.567. The highest BCUT2D eigenvalue weighted by molar-refractivity contribution is 5.81. The van der Waals surface area contributed by atoms with Crippen molar-refractivity contribution in [2.45, 2.75) is 45.3 Å². The summed E-state index contributed by atoms with van der Waals surface area (Å²) in [5.74, 6) is -1.39. The third kappa shape index (κ3) is 8.77. The van der Waals surface area contributed by atoms with Crippen LogP contribution in [-0.4, -0.2) is 35.7 Å². The van der Waals surface area contributed by atoms with E-state index in [0.29, 0.717) is 25.8 Å². The van der Waals surface area contributed by atoms with Crippen molar-refractivity contribution >= 4 is 18.0 Å². The number of carbonyl (C=O) groups is 3. The molecule has 1 aromatic rings. The normalized spacial score (nSPS) is 11.4. The van der Waals surface area contributed by atoms with Crippen LogP contribution in [0.15, 0.2) is 30.3 Å². The van der Waals surface area contributed by atoms with Crippen LogP contribution in [0.5, 0.6) is 0 Å². The van der Waals surface area contributed by atoms with Gasteiger partial charge in [-0.25, -0.2) is 9.59 Å². The molecule has 0 aliphatic carbocycles. The number of ether oxygens (including phenoxy) is 1. The number of carboxylic acid groups (broad SMARTS) is 1. The molecule has 0 aliphatic heterocycles. The first kappa shape index (κ1) is 19.5. The van der Waals surface area contributed by atoms with Crippen molar-refractivity contribution < 1.29 is 24.2 Å². The van der Waals surface area contributed by atoms with Gasteiger partial charge in [0.25, 0.3) is 0 Å². The van der Waals surface area contributed by atoms with Gasteiger partial charge >= 0.3 is 12.1 Å². The number of unbranched alkanes of at least 4 members (excludes halogenated alkanes) is 2. The Morgan fingerprint density at radius 1 is 1.12 bits per heavy atom. The second kappa shape index (κ2) is 11.0. The molecule has 0 saturated carbocycles. The molecule has 1 aromatic carbocycles. The number of rotatable bonds is 10. The molecule has 0 bridgehead atoms. The summed E-state index contributed by atoms with van der Waals surface area (Å²) in [5, 5.41) is 14.0. The number of carbonyl (C=O) groups excluding carboxylic acids is 2. The van der Waals surface area contributed by atoms with Gasteiger partial charge in [0.1, 0.15) is 12.6 Å². The Morgan fingerprint density at radius 2 is 1.83 bits per heavy atom. The molecule has 2 amide bonds. The lowest BCUT2D eigenvalue weighted by atomic mass is 10.1. The predicted octanol–water partition coefficient (Wildman–Crippen LogP) is 2.06. The predicted molar refractivity (Wildman–Crippen MR) is 88.3 cm³/mol. The maximum Gasteiger partial charge on any atom is 0.407 e. The molecule has 0 fully saturated rings. The number of amides is 2. The standard InChI is InChI=1S/C17H24N2O5/c1-13(20)19-15(16(21)22)10-6-3-7-11-18-17(23)24-12-14-8-4-2-5-9-14/h2,4-5,8-9,15H,3,6-7,10-12H2,1H3,(H,18,23)(H,19,20)(H,21,22). The van der Waals surface area contributed by atoms with Gasteiger partial charge in [0.15, 0.2) is 0 Å². The third-order valence-corrected chi connectivity index (χ3v) is 3.33. The number of hydrogen-bond donors (Lipinski definition) is 3. The molecule has 24 heavy (non-hydrogen) atoms. The van der Waals surface area contributed by atoms with Gasteiger partial charge in [0, 0.05) is 13.5 Å². The maximum absolute atomic E-state index is 11.5. The average molecular weight is 336 g/mol. The van der Waals surface area contributed by atoms with E-state index in [1.807, 2.05) is 30.3 Å². The van der Waals surface area contributed by atoms with E-state index in [9.17, 15) is 14.4 Å². The molecule has 0 saturated heterocycles. The summed E-state index contributed by atoms with van der Waals surface area (Å²) in [7, 11) is 0. The lowest BCUT2D eigenvalue weighted by molar-refractivity contribution is -0.141. The van der Waals surface area contributed by atoms with Crippen LogP contribution in [-0.2, 0) is 20.9 Å². The molecule has 0 radical (unpaired) electrons. The highest BCUT2D eigenvalue weighted by Crippen LogP contribution is 2.04. The molecule has 1 unspecified atom stereocenters. The minimum atomic E-state index is -1.03. The van der Waals surface area contributed by atoms with Crippen molar-refractivity contribution in [2.75, 3.05) is 6.54 Å². The van der Waals surface area contributed by atoms with Gasteiger partial charge in [-0.1, -0.05) is 43.2 Å². The molecule has 132 valence electrons. The zero-order chi connectivity index (χ0) is 17.8. The van der Waals surface area contributed by atoms with Crippen molar-refractivity contribution in [3.63, 3.8) is 0 Å². The van der Waals surface area contributed by atoms with Crippen LogP contribution in [0.1, 0.15) is 38.2 Å². The van der Waals surface area contributed by atoms with E-state index in [1.165, 1.54) is 6.92 Å². The number of hydrogen-bond acceptors (Lipinski definition) is 4. The van der Waals surface area contributed by atoms with Crippen molar-refractivity contribution in [1.29, 1.82) is 0 Å². The Morgan fingerprint density at radius 3 is 2.46 bits per heavy atom. The molecule has 7 heteroatoms. The molecule has 0 aromatic heterocycles. The Hall–Kier alpha value is -2.57. The summed E-state index contributed by atoms with van der Waals surface area (Å²) < 4.78 is 5.07. The molecular formula is C17H24N2O5. The summed E-state index contributed by atoms with van der Waals surface area (Å²) in [4.78, 5) is 33.4. The molecule has 3 N–H and O–H groups in total. The lowest BCUT2D eigenvalue weighted by Gasteiger charge is -2.12. The van der Waals surface area contributed by atoms with Crippen LogP contribution >= 0.6 is 0 Å². The number of nitrogens with one attached hydrogen (secondary N) is 2. The summed E-state index contributed by atoms with van der Waals surface area (Å²) in [6.07, 6.45) is 2.01. The van der Waals surface area contributed by atoms with E-state index in [4.69, 9.17) is 9.84 Å². The fraction of sp³-hybridized carbons (Fsp3) is 0.471. The molecule has 0 spiro atoms. The summed E-state index contributed by atoms with van der Waals surface area (Å²) >= 11 is 0. The van der Waals surface area contributed by atoms with Gasteiger partial charge in [0.2, 0.25) is 5.91 Å². The van der Waals surface area contributed by atoms with Crippen LogP contribution < -0.4 is 10.6 Å².